The quantitative estimate of drug-likeness (QED) is 0.867. The van der Waals surface area contributed by atoms with Gasteiger partial charge in [-0.2, -0.15) is 13.2 Å². The molecule has 5 nitrogen and oxygen atoms in total. The Labute approximate surface area is 114 Å². The van der Waals surface area contributed by atoms with E-state index in [9.17, 15) is 18.0 Å². The summed E-state index contributed by atoms with van der Waals surface area (Å²) >= 11 is 0. The van der Waals surface area contributed by atoms with Gasteiger partial charge in [-0.15, -0.1) is 0 Å². The Morgan fingerprint density at radius 1 is 1.50 bits per heavy atom. The highest BCUT2D eigenvalue weighted by Crippen LogP contribution is 2.31. The Balaban J connectivity index is 2.48. The first kappa shape index (κ1) is 14.6. The predicted molar refractivity (Wildman–Crippen MR) is 67.4 cm³/mol. The van der Waals surface area contributed by atoms with E-state index in [1.54, 1.807) is 11.8 Å². The van der Waals surface area contributed by atoms with Gasteiger partial charge in [0.1, 0.15) is 11.5 Å². The molecule has 1 aromatic heterocycles. The summed E-state index contributed by atoms with van der Waals surface area (Å²) in [7, 11) is 0. The van der Waals surface area contributed by atoms with E-state index in [0.29, 0.717) is 19.6 Å². The molecule has 0 saturated carbocycles. The minimum Gasteiger partial charge on any atom is -0.365 e. The SMILES string of the molecule is CCN(c1nc(C(F)(F)F)ccc1C(N)=O)C1CNC1. The van der Waals surface area contributed by atoms with Gasteiger partial charge >= 0.3 is 6.18 Å². The highest BCUT2D eigenvalue weighted by molar-refractivity contribution is 5.97. The van der Waals surface area contributed by atoms with E-state index < -0.39 is 17.8 Å². The molecule has 0 radical (unpaired) electrons. The second-order valence-corrected chi connectivity index (χ2v) is 4.53. The number of nitrogens with two attached hydrogens (primary N) is 1. The molecule has 20 heavy (non-hydrogen) atoms. The summed E-state index contributed by atoms with van der Waals surface area (Å²) in [6, 6.07) is 1.88. The highest BCUT2D eigenvalue weighted by Gasteiger charge is 2.35. The predicted octanol–water partition coefficient (Wildman–Crippen LogP) is 0.997. The molecular weight excluding hydrogens is 273 g/mol. The summed E-state index contributed by atoms with van der Waals surface area (Å²) < 4.78 is 38.3. The lowest BCUT2D eigenvalue weighted by atomic mass is 10.1. The van der Waals surface area contributed by atoms with Crippen LogP contribution in [0.15, 0.2) is 12.1 Å². The number of hydrogen-bond donors (Lipinski definition) is 2. The van der Waals surface area contributed by atoms with E-state index in [-0.39, 0.29) is 17.4 Å². The lowest BCUT2D eigenvalue weighted by Gasteiger charge is -2.39. The maximum atomic E-state index is 12.8. The zero-order valence-electron chi connectivity index (χ0n) is 10.9. The number of nitrogens with one attached hydrogen (secondary N) is 1. The van der Waals surface area contributed by atoms with Crippen LogP contribution < -0.4 is 16.0 Å². The molecule has 1 aliphatic heterocycles. The van der Waals surface area contributed by atoms with Gasteiger partial charge in [-0.05, 0) is 19.1 Å². The highest BCUT2D eigenvalue weighted by atomic mass is 19.4. The van der Waals surface area contributed by atoms with Crippen LogP contribution in [0.5, 0.6) is 0 Å². The van der Waals surface area contributed by atoms with Crippen LogP contribution in [0.1, 0.15) is 23.0 Å². The van der Waals surface area contributed by atoms with Gasteiger partial charge < -0.3 is 16.0 Å². The van der Waals surface area contributed by atoms with E-state index >= 15 is 0 Å². The fraction of sp³-hybridized carbons (Fsp3) is 0.500. The molecule has 0 aliphatic carbocycles. The van der Waals surface area contributed by atoms with Crippen molar-refractivity contribution in [1.29, 1.82) is 0 Å². The second kappa shape index (κ2) is 5.28. The molecule has 3 N–H and O–H groups in total. The number of halogens is 3. The van der Waals surface area contributed by atoms with Crippen molar-refractivity contribution in [3.63, 3.8) is 0 Å². The van der Waals surface area contributed by atoms with Crippen LogP contribution >= 0.6 is 0 Å². The number of primary amides is 1. The molecule has 0 unspecified atom stereocenters. The van der Waals surface area contributed by atoms with Crippen molar-refractivity contribution < 1.29 is 18.0 Å². The van der Waals surface area contributed by atoms with Gasteiger partial charge in [0.05, 0.1) is 11.6 Å². The van der Waals surface area contributed by atoms with E-state index in [0.717, 1.165) is 12.1 Å². The number of rotatable bonds is 4. The van der Waals surface area contributed by atoms with Crippen LogP contribution in [-0.4, -0.2) is 36.6 Å². The van der Waals surface area contributed by atoms with Gasteiger partial charge in [0.15, 0.2) is 0 Å². The molecule has 1 aliphatic rings. The largest absolute Gasteiger partial charge is 0.433 e. The van der Waals surface area contributed by atoms with Gasteiger partial charge in [0.2, 0.25) is 0 Å². The average Bonchev–Trinajstić information content (AvgIpc) is 2.31. The van der Waals surface area contributed by atoms with Crippen molar-refractivity contribution in [2.24, 2.45) is 5.73 Å². The lowest BCUT2D eigenvalue weighted by molar-refractivity contribution is -0.141. The van der Waals surface area contributed by atoms with Crippen LogP contribution in [0.25, 0.3) is 0 Å². The van der Waals surface area contributed by atoms with Gasteiger partial charge in [0, 0.05) is 19.6 Å². The smallest absolute Gasteiger partial charge is 0.365 e. The molecule has 8 heteroatoms. The van der Waals surface area contributed by atoms with Crippen molar-refractivity contribution in [3.05, 3.63) is 23.4 Å². The van der Waals surface area contributed by atoms with E-state index in [1.165, 1.54) is 0 Å². The topological polar surface area (TPSA) is 71.2 Å². The number of likely N-dealkylation sites (N-methyl/N-ethyl adjacent to an activating group) is 1. The summed E-state index contributed by atoms with van der Waals surface area (Å²) in [6.07, 6.45) is -4.55. The average molecular weight is 288 g/mol. The van der Waals surface area contributed by atoms with Gasteiger partial charge in [-0.1, -0.05) is 0 Å². The molecule has 1 amide bonds. The summed E-state index contributed by atoms with van der Waals surface area (Å²) in [5.41, 5.74) is 4.20. The van der Waals surface area contributed by atoms with Crippen molar-refractivity contribution in [3.8, 4) is 0 Å². The second-order valence-electron chi connectivity index (χ2n) is 4.53. The maximum Gasteiger partial charge on any atom is 0.433 e. The summed E-state index contributed by atoms with van der Waals surface area (Å²) in [5.74, 6) is -0.784. The number of nitrogens with zero attached hydrogens (tertiary/aromatic N) is 2. The minimum absolute atomic E-state index is 0.00123. The van der Waals surface area contributed by atoms with Crippen molar-refractivity contribution >= 4 is 11.7 Å². The fourth-order valence-electron chi connectivity index (χ4n) is 2.09. The Hall–Kier alpha value is -1.83. The zero-order chi connectivity index (χ0) is 14.9. The first-order valence-electron chi connectivity index (χ1n) is 6.20. The lowest BCUT2D eigenvalue weighted by Crippen LogP contribution is -2.58. The van der Waals surface area contributed by atoms with Crippen molar-refractivity contribution in [2.75, 3.05) is 24.5 Å². The Bertz CT molecular complexity index is 514. The molecule has 0 spiro atoms. The molecular formula is C12H15F3N4O. The number of amides is 1. The van der Waals surface area contributed by atoms with Crippen LogP contribution in [-0.2, 0) is 6.18 Å². The number of anilines is 1. The Morgan fingerprint density at radius 2 is 2.15 bits per heavy atom. The number of pyridine rings is 1. The van der Waals surface area contributed by atoms with Crippen molar-refractivity contribution in [1.82, 2.24) is 10.3 Å². The molecule has 1 saturated heterocycles. The number of aromatic nitrogens is 1. The summed E-state index contributed by atoms with van der Waals surface area (Å²) in [6.45, 7) is 3.53. The Morgan fingerprint density at radius 3 is 2.55 bits per heavy atom. The molecule has 0 bridgehead atoms. The summed E-state index contributed by atoms with van der Waals surface area (Å²) in [5, 5.41) is 3.03. The first-order chi connectivity index (χ1) is 9.34. The van der Waals surface area contributed by atoms with Gasteiger partial charge in [0.25, 0.3) is 5.91 Å². The third-order valence-corrected chi connectivity index (χ3v) is 3.24. The summed E-state index contributed by atoms with van der Waals surface area (Å²) in [4.78, 5) is 16.7. The number of hydrogen-bond acceptors (Lipinski definition) is 4. The number of alkyl halides is 3. The molecule has 2 heterocycles. The maximum absolute atomic E-state index is 12.8. The van der Waals surface area contributed by atoms with Crippen LogP contribution in [0.2, 0.25) is 0 Å². The number of carbonyl (C=O) groups is 1. The zero-order valence-corrected chi connectivity index (χ0v) is 10.9. The number of carbonyl (C=O) groups excluding carboxylic acids is 1. The van der Waals surface area contributed by atoms with E-state index in [1.807, 2.05) is 0 Å². The molecule has 2 rings (SSSR count). The van der Waals surface area contributed by atoms with E-state index in [2.05, 4.69) is 10.3 Å². The molecule has 0 atom stereocenters. The monoisotopic (exact) mass is 288 g/mol. The molecule has 1 aromatic rings. The first-order valence-corrected chi connectivity index (χ1v) is 6.20. The normalized spacial score (nSPS) is 15.8. The van der Waals surface area contributed by atoms with Gasteiger partial charge in [-0.25, -0.2) is 4.98 Å². The van der Waals surface area contributed by atoms with Crippen molar-refractivity contribution in [2.45, 2.75) is 19.1 Å². The Kier molecular flexibility index (Phi) is 3.85. The standard InChI is InChI=1S/C12H15F3N4O/c1-2-19(7-5-17-6-7)11-8(10(16)20)3-4-9(18-11)12(13,14)15/h3-4,7,17H,2,5-6H2,1H3,(H2,16,20). The third kappa shape index (κ3) is 2.69. The molecule has 110 valence electrons. The third-order valence-electron chi connectivity index (χ3n) is 3.24. The molecule has 0 aromatic carbocycles. The fourth-order valence-corrected chi connectivity index (χ4v) is 2.09. The molecule has 1 fully saturated rings. The minimum atomic E-state index is -4.55. The van der Waals surface area contributed by atoms with Crippen LogP contribution in [0.3, 0.4) is 0 Å². The van der Waals surface area contributed by atoms with Crippen LogP contribution in [0, 0.1) is 0 Å². The van der Waals surface area contributed by atoms with Crippen LogP contribution in [0.4, 0.5) is 19.0 Å². The van der Waals surface area contributed by atoms with E-state index in [4.69, 9.17) is 5.73 Å². The van der Waals surface area contributed by atoms with Gasteiger partial charge in [-0.3, -0.25) is 4.79 Å².